The molecular formula is C24H23N5O2S. The molecule has 3 N–H and O–H groups in total. The first-order valence-corrected chi connectivity index (χ1v) is 10.9. The monoisotopic (exact) mass is 445 g/mol. The average molecular weight is 446 g/mol. The van der Waals surface area contributed by atoms with Gasteiger partial charge in [-0.05, 0) is 42.8 Å². The number of carbonyl (C=O) groups is 1. The first-order valence-electron chi connectivity index (χ1n) is 10.0. The highest BCUT2D eigenvalue weighted by atomic mass is 32.2. The Bertz CT molecular complexity index is 1210. The van der Waals surface area contributed by atoms with E-state index in [0.29, 0.717) is 11.0 Å². The Morgan fingerprint density at radius 1 is 0.969 bits per heavy atom. The van der Waals surface area contributed by atoms with E-state index in [-0.39, 0.29) is 5.91 Å². The fourth-order valence-corrected chi connectivity index (χ4v) is 3.97. The molecule has 0 aliphatic heterocycles. The van der Waals surface area contributed by atoms with E-state index in [1.54, 1.807) is 7.11 Å². The van der Waals surface area contributed by atoms with Crippen LogP contribution in [0.1, 0.15) is 6.92 Å². The van der Waals surface area contributed by atoms with Crippen molar-refractivity contribution in [3.8, 4) is 28.3 Å². The summed E-state index contributed by atoms with van der Waals surface area (Å²) in [5.74, 6) is 7.32. The molecule has 0 saturated carbocycles. The van der Waals surface area contributed by atoms with Crippen LogP contribution in [0, 0.1) is 0 Å². The van der Waals surface area contributed by atoms with Gasteiger partial charge in [0.05, 0.1) is 12.4 Å². The third-order valence-corrected chi connectivity index (χ3v) is 5.99. The number of para-hydroxylation sites is 1. The van der Waals surface area contributed by atoms with Crippen molar-refractivity contribution < 1.29 is 9.53 Å². The molecule has 3 aromatic carbocycles. The molecule has 0 bridgehead atoms. The largest absolute Gasteiger partial charge is 0.497 e. The molecule has 8 heteroatoms. The van der Waals surface area contributed by atoms with E-state index >= 15 is 0 Å². The lowest BCUT2D eigenvalue weighted by Gasteiger charge is -2.14. The number of nitrogens with two attached hydrogens (primary N) is 1. The molecular weight excluding hydrogens is 422 g/mol. The van der Waals surface area contributed by atoms with Crippen LogP contribution in [-0.4, -0.2) is 33.1 Å². The number of ether oxygens (including phenoxy) is 1. The summed E-state index contributed by atoms with van der Waals surface area (Å²) in [6.07, 6.45) is 0. The molecule has 7 nitrogen and oxygen atoms in total. The number of amides is 1. The second-order valence-corrected chi connectivity index (χ2v) is 8.37. The maximum Gasteiger partial charge on any atom is 0.237 e. The van der Waals surface area contributed by atoms with Crippen molar-refractivity contribution in [1.29, 1.82) is 0 Å². The molecule has 4 aromatic rings. The zero-order chi connectivity index (χ0) is 22.5. The van der Waals surface area contributed by atoms with Gasteiger partial charge in [-0.25, -0.2) is 4.68 Å². The molecule has 0 aliphatic carbocycles. The van der Waals surface area contributed by atoms with Crippen molar-refractivity contribution in [3.63, 3.8) is 0 Å². The van der Waals surface area contributed by atoms with E-state index in [0.717, 1.165) is 28.1 Å². The summed E-state index contributed by atoms with van der Waals surface area (Å²) >= 11 is 1.25. The Morgan fingerprint density at radius 2 is 1.66 bits per heavy atom. The first-order chi connectivity index (χ1) is 15.6. The van der Waals surface area contributed by atoms with Gasteiger partial charge in [0.15, 0.2) is 5.82 Å². The summed E-state index contributed by atoms with van der Waals surface area (Å²) in [5.41, 5.74) is 3.56. The molecule has 1 heterocycles. The summed E-state index contributed by atoms with van der Waals surface area (Å²) in [6.45, 7) is 1.81. The number of anilines is 1. The van der Waals surface area contributed by atoms with Gasteiger partial charge in [-0.2, -0.15) is 0 Å². The van der Waals surface area contributed by atoms with E-state index in [1.165, 1.54) is 16.4 Å². The SMILES string of the molecule is COc1ccc(-c2nnc(S[C@@H](C)C(=O)Nc3ccccc3-c3ccccc3)n2N)cc1. The molecule has 1 atom stereocenters. The number of methoxy groups -OCH3 is 1. The predicted octanol–water partition coefficient (Wildman–Crippen LogP) is 4.45. The highest BCUT2D eigenvalue weighted by molar-refractivity contribution is 8.00. The molecule has 0 spiro atoms. The Kier molecular flexibility index (Phi) is 6.42. The second-order valence-electron chi connectivity index (χ2n) is 7.07. The molecule has 1 amide bonds. The molecule has 1 aromatic heterocycles. The molecule has 0 unspecified atom stereocenters. The van der Waals surface area contributed by atoms with Crippen LogP contribution in [0.3, 0.4) is 0 Å². The highest BCUT2D eigenvalue weighted by Gasteiger charge is 2.21. The lowest BCUT2D eigenvalue weighted by atomic mass is 10.0. The number of carbonyl (C=O) groups excluding carboxylic acids is 1. The minimum absolute atomic E-state index is 0.146. The minimum atomic E-state index is -0.436. The summed E-state index contributed by atoms with van der Waals surface area (Å²) in [4.78, 5) is 12.9. The number of hydrogen-bond donors (Lipinski definition) is 2. The third kappa shape index (κ3) is 4.60. The van der Waals surface area contributed by atoms with Crippen LogP contribution in [0.15, 0.2) is 84.0 Å². The molecule has 0 fully saturated rings. The highest BCUT2D eigenvalue weighted by Crippen LogP contribution is 2.30. The normalized spacial score (nSPS) is 11.7. The van der Waals surface area contributed by atoms with Crippen molar-refractivity contribution in [2.75, 3.05) is 18.3 Å². The summed E-state index contributed by atoms with van der Waals surface area (Å²) in [6, 6.07) is 25.1. The van der Waals surface area contributed by atoms with Crippen LogP contribution in [0.5, 0.6) is 5.75 Å². The molecule has 0 saturated heterocycles. The zero-order valence-corrected chi connectivity index (χ0v) is 18.5. The van der Waals surface area contributed by atoms with Gasteiger partial charge in [0, 0.05) is 16.8 Å². The van der Waals surface area contributed by atoms with Crippen LogP contribution in [0.2, 0.25) is 0 Å². The van der Waals surface area contributed by atoms with Gasteiger partial charge >= 0.3 is 0 Å². The molecule has 4 rings (SSSR count). The molecule has 0 radical (unpaired) electrons. The van der Waals surface area contributed by atoms with Gasteiger partial charge in [-0.15, -0.1) is 10.2 Å². The number of nitrogen functional groups attached to an aromatic ring is 1. The molecule has 162 valence electrons. The lowest BCUT2D eigenvalue weighted by molar-refractivity contribution is -0.115. The van der Waals surface area contributed by atoms with Crippen LogP contribution in [0.4, 0.5) is 5.69 Å². The summed E-state index contributed by atoms with van der Waals surface area (Å²) in [5, 5.41) is 11.4. The molecule has 0 aliphatic rings. The zero-order valence-electron chi connectivity index (χ0n) is 17.7. The fraction of sp³-hybridized carbons (Fsp3) is 0.125. The minimum Gasteiger partial charge on any atom is -0.497 e. The second kappa shape index (κ2) is 9.57. The third-order valence-electron chi connectivity index (χ3n) is 4.93. The number of nitrogens with one attached hydrogen (secondary N) is 1. The van der Waals surface area contributed by atoms with Crippen molar-refractivity contribution >= 4 is 23.4 Å². The number of thioether (sulfide) groups is 1. The van der Waals surface area contributed by atoms with Crippen LogP contribution in [0.25, 0.3) is 22.5 Å². The average Bonchev–Trinajstić information content (AvgIpc) is 3.19. The fourth-order valence-electron chi connectivity index (χ4n) is 3.20. The van der Waals surface area contributed by atoms with Gasteiger partial charge in [-0.3, -0.25) is 4.79 Å². The van der Waals surface area contributed by atoms with Gasteiger partial charge < -0.3 is 15.9 Å². The Morgan fingerprint density at radius 3 is 2.38 bits per heavy atom. The van der Waals surface area contributed by atoms with E-state index < -0.39 is 5.25 Å². The van der Waals surface area contributed by atoms with Gasteiger partial charge in [0.1, 0.15) is 5.75 Å². The van der Waals surface area contributed by atoms with Crippen LogP contribution < -0.4 is 15.9 Å². The van der Waals surface area contributed by atoms with E-state index in [9.17, 15) is 4.79 Å². The lowest BCUT2D eigenvalue weighted by Crippen LogP contribution is -2.24. The smallest absolute Gasteiger partial charge is 0.237 e. The number of benzene rings is 3. The topological polar surface area (TPSA) is 95.1 Å². The van der Waals surface area contributed by atoms with Gasteiger partial charge in [-0.1, -0.05) is 60.3 Å². The number of nitrogens with zero attached hydrogens (tertiary/aromatic N) is 3. The van der Waals surface area contributed by atoms with Crippen molar-refractivity contribution in [1.82, 2.24) is 14.9 Å². The summed E-state index contributed by atoms with van der Waals surface area (Å²) in [7, 11) is 1.61. The maximum atomic E-state index is 12.9. The van der Waals surface area contributed by atoms with Gasteiger partial charge in [0.2, 0.25) is 11.1 Å². The Hall–Kier alpha value is -3.78. The van der Waals surface area contributed by atoms with Crippen molar-refractivity contribution in [2.45, 2.75) is 17.3 Å². The van der Waals surface area contributed by atoms with E-state index in [4.69, 9.17) is 10.6 Å². The van der Waals surface area contributed by atoms with E-state index in [2.05, 4.69) is 15.5 Å². The maximum absolute atomic E-state index is 12.9. The number of rotatable bonds is 7. The van der Waals surface area contributed by atoms with Crippen molar-refractivity contribution in [3.05, 3.63) is 78.9 Å². The van der Waals surface area contributed by atoms with Gasteiger partial charge in [0.25, 0.3) is 0 Å². The van der Waals surface area contributed by atoms with Crippen LogP contribution in [-0.2, 0) is 4.79 Å². The van der Waals surface area contributed by atoms with Crippen LogP contribution >= 0.6 is 11.8 Å². The predicted molar refractivity (Wildman–Crippen MR) is 128 cm³/mol. The molecule has 32 heavy (non-hydrogen) atoms. The first kappa shape index (κ1) is 21.5. The quantitative estimate of drug-likeness (QED) is 0.322. The number of aromatic nitrogens is 3. The Labute approximate surface area is 190 Å². The number of hydrogen-bond acceptors (Lipinski definition) is 6. The van der Waals surface area contributed by atoms with Crippen molar-refractivity contribution in [2.24, 2.45) is 0 Å². The standard InChI is InChI=1S/C24H23N5O2S/c1-16(23(30)26-21-11-7-6-10-20(21)17-8-4-3-5-9-17)32-24-28-27-22(29(24)25)18-12-14-19(31-2)15-13-18/h3-16H,25H2,1-2H3,(H,26,30)/t16-/m0/s1. The Balaban J connectivity index is 1.48. The summed E-state index contributed by atoms with van der Waals surface area (Å²) < 4.78 is 6.58. The van der Waals surface area contributed by atoms with E-state index in [1.807, 2.05) is 85.8 Å².